The lowest BCUT2D eigenvalue weighted by Gasteiger charge is -2.32. The molecule has 2 N–H and O–H groups in total. The van der Waals surface area contributed by atoms with Crippen molar-refractivity contribution in [3.63, 3.8) is 0 Å². The monoisotopic (exact) mass is 639 g/mol. The second kappa shape index (κ2) is 14.0. The van der Waals surface area contributed by atoms with Gasteiger partial charge in [0.1, 0.15) is 5.75 Å². The van der Waals surface area contributed by atoms with E-state index in [0.717, 1.165) is 15.6 Å². The van der Waals surface area contributed by atoms with Crippen molar-refractivity contribution in [1.82, 2.24) is 0 Å². The van der Waals surface area contributed by atoms with Crippen LogP contribution in [0.25, 0.3) is 10.4 Å². The number of carbonyl (C=O) groups is 1. The van der Waals surface area contributed by atoms with E-state index in [4.69, 9.17) is 25.1 Å². The molecule has 4 aromatic carbocycles. The molecule has 0 saturated carbocycles. The first-order chi connectivity index (χ1) is 21.0. The van der Waals surface area contributed by atoms with Gasteiger partial charge in [-0.1, -0.05) is 75.6 Å². The molecule has 10 heteroatoms. The molecule has 0 spiro atoms. The Kier molecular flexibility index (Phi) is 9.73. The summed E-state index contributed by atoms with van der Waals surface area (Å²) in [4.78, 5) is 22.5. The summed E-state index contributed by atoms with van der Waals surface area (Å²) in [5.41, 5.74) is 11.3. The maximum Gasteiger partial charge on any atom is 0.257 e. The molecule has 1 aliphatic heterocycles. The predicted octanol–water partition coefficient (Wildman–Crippen LogP) is 7.16. The molecule has 2 atom stereocenters. The number of aliphatic imine (C=N–C) groups is 1. The van der Waals surface area contributed by atoms with Crippen LogP contribution >= 0.6 is 15.9 Å². The van der Waals surface area contributed by atoms with E-state index < -0.39 is 11.6 Å². The summed E-state index contributed by atoms with van der Waals surface area (Å²) in [7, 11) is 0. The maximum atomic E-state index is 14.5. The Hall–Kier alpha value is -4.63. The van der Waals surface area contributed by atoms with E-state index in [1.807, 2.05) is 103 Å². The molecule has 0 fully saturated rings. The second-order valence-corrected chi connectivity index (χ2v) is 10.9. The molecule has 1 heterocycles. The van der Waals surface area contributed by atoms with Crippen LogP contribution in [0.4, 0.5) is 5.69 Å². The number of benzene rings is 4. The highest BCUT2D eigenvalue weighted by Crippen LogP contribution is 2.44. The van der Waals surface area contributed by atoms with Crippen molar-refractivity contribution in [2.75, 3.05) is 18.5 Å². The van der Waals surface area contributed by atoms with Gasteiger partial charge < -0.3 is 19.9 Å². The minimum absolute atomic E-state index is 0.0523. The number of anilines is 1. The molecular formula is C33H30BrN5O4. The second-order valence-electron chi connectivity index (χ2n) is 10.0. The van der Waals surface area contributed by atoms with Gasteiger partial charge in [0.25, 0.3) is 5.91 Å². The lowest BCUT2D eigenvalue weighted by atomic mass is 9.80. The van der Waals surface area contributed by atoms with Gasteiger partial charge in [-0.2, -0.15) is 0 Å². The van der Waals surface area contributed by atoms with E-state index in [9.17, 15) is 4.79 Å². The van der Waals surface area contributed by atoms with Crippen LogP contribution in [-0.2, 0) is 22.5 Å². The van der Waals surface area contributed by atoms with E-state index in [0.29, 0.717) is 41.5 Å². The summed E-state index contributed by atoms with van der Waals surface area (Å²) in [5.74, 6) is 0.630. The van der Waals surface area contributed by atoms with Crippen molar-refractivity contribution in [2.24, 2.45) is 10.1 Å². The summed E-state index contributed by atoms with van der Waals surface area (Å²) >= 11 is 3.50. The number of para-hydroxylation sites is 1. The van der Waals surface area contributed by atoms with Crippen LogP contribution in [-0.4, -0.2) is 35.7 Å². The van der Waals surface area contributed by atoms with Gasteiger partial charge in [-0.25, -0.2) is 4.99 Å². The molecule has 218 valence electrons. The number of ether oxygens (including phenoxy) is 2. The summed E-state index contributed by atoms with van der Waals surface area (Å²) in [6.07, 6.45) is -0.0602. The van der Waals surface area contributed by atoms with Crippen LogP contribution in [0.2, 0.25) is 0 Å². The Bertz CT molecular complexity index is 1620. The van der Waals surface area contributed by atoms with Gasteiger partial charge in [-0.3, -0.25) is 4.79 Å². The third kappa shape index (κ3) is 7.06. The van der Waals surface area contributed by atoms with Crippen molar-refractivity contribution in [3.05, 3.63) is 140 Å². The minimum Gasteiger partial charge on any atom is -0.494 e. The highest BCUT2D eigenvalue weighted by Gasteiger charge is 2.53. The first-order valence-corrected chi connectivity index (χ1v) is 14.6. The average Bonchev–Trinajstić information content (AvgIpc) is 3.42. The molecule has 0 aromatic heterocycles. The van der Waals surface area contributed by atoms with Crippen LogP contribution in [0.1, 0.15) is 34.8 Å². The van der Waals surface area contributed by atoms with Crippen LogP contribution in [0.3, 0.4) is 0 Å². The summed E-state index contributed by atoms with van der Waals surface area (Å²) < 4.78 is 13.2. The Labute approximate surface area is 258 Å². The fraction of sp³-hybridized carbons (Fsp3) is 0.212. The Morgan fingerprint density at radius 3 is 2.47 bits per heavy atom. The third-order valence-corrected chi connectivity index (χ3v) is 7.62. The van der Waals surface area contributed by atoms with Crippen LogP contribution in [0.5, 0.6) is 5.75 Å². The van der Waals surface area contributed by atoms with Gasteiger partial charge >= 0.3 is 0 Å². The average molecular weight is 641 g/mol. The van der Waals surface area contributed by atoms with Crippen molar-refractivity contribution in [2.45, 2.75) is 31.0 Å². The normalized spacial score (nSPS) is 17.3. The zero-order chi connectivity index (χ0) is 30.1. The SMILES string of the molecule is [N-]=[N+]=NCc1ccccc1[C@H]1OC(c2ccc(OCCCO)cc2)=N[C@@]1(Cc1ccc(Br)cc1)C(=O)Nc1ccccc1. The first-order valence-electron chi connectivity index (χ1n) is 13.8. The van der Waals surface area contributed by atoms with Gasteiger partial charge in [-0.15, -0.1) is 0 Å². The van der Waals surface area contributed by atoms with Gasteiger partial charge in [0.2, 0.25) is 5.90 Å². The van der Waals surface area contributed by atoms with Gasteiger partial charge in [0.05, 0.1) is 13.2 Å². The number of halogens is 1. The summed E-state index contributed by atoms with van der Waals surface area (Å²) in [5, 5.41) is 15.9. The number of nitrogens with one attached hydrogen (secondary N) is 1. The highest BCUT2D eigenvalue weighted by atomic mass is 79.9. The van der Waals surface area contributed by atoms with Gasteiger partial charge in [0.15, 0.2) is 11.6 Å². The third-order valence-electron chi connectivity index (χ3n) is 7.09. The molecule has 0 bridgehead atoms. The molecule has 0 radical (unpaired) electrons. The highest BCUT2D eigenvalue weighted by molar-refractivity contribution is 9.10. The standard InChI is InChI=1S/C33H30BrN5O4/c34-26-15-11-23(12-16-26)21-33(32(41)37-27-8-2-1-3-9-27)30(29-10-5-4-7-25(29)22-36-39-35)43-31(38-33)24-13-17-28(18-14-24)42-20-6-19-40/h1-5,7-18,30,40H,6,19-22H2,(H,37,41)/t30-,33-/m1/s1. The molecule has 9 nitrogen and oxygen atoms in total. The van der Waals surface area contributed by atoms with Crippen molar-refractivity contribution in [3.8, 4) is 5.75 Å². The summed E-state index contributed by atoms with van der Waals surface area (Å²) in [6, 6.07) is 31.8. The fourth-order valence-electron chi connectivity index (χ4n) is 4.98. The molecular weight excluding hydrogens is 610 g/mol. The predicted molar refractivity (Wildman–Crippen MR) is 169 cm³/mol. The van der Waals surface area contributed by atoms with Crippen LogP contribution in [0, 0.1) is 0 Å². The Morgan fingerprint density at radius 2 is 1.74 bits per heavy atom. The molecule has 5 rings (SSSR count). The van der Waals surface area contributed by atoms with Crippen LogP contribution < -0.4 is 10.1 Å². The smallest absolute Gasteiger partial charge is 0.257 e. The number of hydrogen-bond acceptors (Lipinski definition) is 6. The number of hydrogen-bond donors (Lipinski definition) is 2. The van der Waals surface area contributed by atoms with Crippen molar-refractivity contribution < 1.29 is 19.4 Å². The van der Waals surface area contributed by atoms with E-state index in [2.05, 4.69) is 31.3 Å². The summed E-state index contributed by atoms with van der Waals surface area (Å²) in [6.45, 7) is 0.542. The zero-order valence-electron chi connectivity index (χ0n) is 23.3. The Balaban J connectivity index is 1.63. The van der Waals surface area contributed by atoms with E-state index >= 15 is 0 Å². The fourth-order valence-corrected chi connectivity index (χ4v) is 5.24. The quantitative estimate of drug-likeness (QED) is 0.0737. The number of nitrogens with zero attached hydrogens (tertiary/aromatic N) is 4. The zero-order valence-corrected chi connectivity index (χ0v) is 24.9. The molecule has 0 unspecified atom stereocenters. The van der Waals surface area contributed by atoms with E-state index in [-0.39, 0.29) is 25.5 Å². The maximum absolute atomic E-state index is 14.5. The number of carbonyl (C=O) groups excluding carboxylic acids is 1. The number of azide groups is 1. The Morgan fingerprint density at radius 1 is 1.02 bits per heavy atom. The van der Waals surface area contributed by atoms with Crippen molar-refractivity contribution >= 4 is 33.4 Å². The van der Waals surface area contributed by atoms with Gasteiger partial charge in [0, 0.05) is 40.1 Å². The number of amides is 1. The molecule has 0 saturated heterocycles. The number of rotatable bonds is 12. The molecule has 1 aliphatic rings. The minimum atomic E-state index is -1.41. The number of aliphatic hydroxyl groups excluding tert-OH is 1. The van der Waals surface area contributed by atoms with E-state index in [1.165, 1.54) is 0 Å². The number of aliphatic hydroxyl groups is 1. The van der Waals surface area contributed by atoms with Crippen molar-refractivity contribution in [1.29, 1.82) is 0 Å². The molecule has 43 heavy (non-hydrogen) atoms. The lowest BCUT2D eigenvalue weighted by Crippen LogP contribution is -2.47. The molecule has 1 amide bonds. The lowest BCUT2D eigenvalue weighted by molar-refractivity contribution is -0.123. The molecule has 4 aromatic rings. The largest absolute Gasteiger partial charge is 0.494 e. The van der Waals surface area contributed by atoms with E-state index in [1.54, 1.807) is 0 Å². The first kappa shape index (κ1) is 29.8. The topological polar surface area (TPSA) is 129 Å². The van der Waals surface area contributed by atoms with Gasteiger partial charge in [-0.05, 0) is 70.8 Å². The molecule has 0 aliphatic carbocycles. The van der Waals surface area contributed by atoms with Crippen LogP contribution in [0.15, 0.2) is 118 Å².